The molecular weight excluding hydrogens is 406 g/mol. The van der Waals surface area contributed by atoms with Gasteiger partial charge in [-0.15, -0.1) is 0 Å². The first kappa shape index (κ1) is 20.6. The van der Waals surface area contributed by atoms with Gasteiger partial charge in [-0.05, 0) is 19.8 Å². The van der Waals surface area contributed by atoms with Crippen molar-refractivity contribution in [2.45, 2.75) is 38.8 Å². The Bertz CT molecular complexity index is 883. The maximum absolute atomic E-state index is 12.5. The lowest BCUT2D eigenvalue weighted by atomic mass is 10.0. The molecule has 9 nitrogen and oxygen atoms in total. The molecule has 1 aliphatic rings. The first-order valence-electron chi connectivity index (χ1n) is 8.87. The van der Waals surface area contributed by atoms with E-state index >= 15 is 0 Å². The molecule has 152 valence electrons. The molecule has 0 radical (unpaired) electrons. The Kier molecular flexibility index (Phi) is 6.21. The van der Waals surface area contributed by atoms with E-state index < -0.39 is 5.97 Å². The Morgan fingerprint density at radius 2 is 2.21 bits per heavy atom. The highest BCUT2D eigenvalue weighted by molar-refractivity contribution is 7.17. The van der Waals surface area contributed by atoms with Crippen LogP contribution in [0.1, 0.15) is 45.0 Å². The van der Waals surface area contributed by atoms with Crippen LogP contribution < -0.4 is 10.2 Å². The number of anilines is 1. The van der Waals surface area contributed by atoms with Gasteiger partial charge in [0.05, 0.1) is 23.5 Å². The molecule has 2 atom stereocenters. The number of carbonyl (C=O) groups is 2. The number of hydrogen-bond donors (Lipinski definition) is 3. The van der Waals surface area contributed by atoms with Gasteiger partial charge in [0, 0.05) is 20.2 Å². The van der Waals surface area contributed by atoms with Crippen LogP contribution in [0.2, 0.25) is 5.15 Å². The summed E-state index contributed by atoms with van der Waals surface area (Å²) in [5.74, 6) is -1.13. The van der Waals surface area contributed by atoms with Gasteiger partial charge in [0.15, 0.2) is 16.1 Å². The van der Waals surface area contributed by atoms with Crippen LogP contribution in [0.5, 0.6) is 0 Å². The molecule has 1 saturated heterocycles. The number of halogens is 1. The van der Waals surface area contributed by atoms with Crippen molar-refractivity contribution in [3.05, 3.63) is 27.2 Å². The minimum absolute atomic E-state index is 0.181. The summed E-state index contributed by atoms with van der Waals surface area (Å²) in [6.07, 6.45) is 1.01. The number of amides is 1. The van der Waals surface area contributed by atoms with E-state index in [0.717, 1.165) is 17.0 Å². The minimum atomic E-state index is -0.977. The third-order valence-electron chi connectivity index (χ3n) is 4.73. The molecule has 3 N–H and O–H groups in total. The fraction of sp³-hybridized carbons (Fsp3) is 0.529. The highest BCUT2D eigenvalue weighted by atomic mass is 35.5. The number of aromatic amines is 1. The van der Waals surface area contributed by atoms with Gasteiger partial charge in [-0.2, -0.15) is 0 Å². The van der Waals surface area contributed by atoms with Gasteiger partial charge >= 0.3 is 5.97 Å². The molecule has 0 bridgehead atoms. The highest BCUT2D eigenvalue weighted by Gasteiger charge is 2.33. The second-order valence-corrected chi connectivity index (χ2v) is 7.85. The number of piperidine rings is 1. The van der Waals surface area contributed by atoms with E-state index in [4.69, 9.17) is 16.3 Å². The SMILES string of the molecule is CCc1[nH]c(C(=O)N[C@@H]2CCN(c3nc(C)c(C(=O)O)s3)C[C@@H]2OC)nc1Cl. The number of aromatic carboxylic acids is 1. The Labute approximate surface area is 171 Å². The van der Waals surface area contributed by atoms with Crippen molar-refractivity contribution < 1.29 is 19.4 Å². The summed E-state index contributed by atoms with van der Waals surface area (Å²) in [5, 5.41) is 13.1. The molecule has 11 heteroatoms. The predicted octanol–water partition coefficient (Wildman–Crippen LogP) is 2.11. The molecule has 0 saturated carbocycles. The lowest BCUT2D eigenvalue weighted by Gasteiger charge is -2.37. The number of thiazole rings is 1. The van der Waals surface area contributed by atoms with Crippen molar-refractivity contribution in [2.24, 2.45) is 0 Å². The van der Waals surface area contributed by atoms with Crippen molar-refractivity contribution >= 4 is 39.9 Å². The van der Waals surface area contributed by atoms with Gasteiger partial charge in [-0.25, -0.2) is 14.8 Å². The number of ether oxygens (including phenoxy) is 1. The molecule has 0 spiro atoms. The zero-order valence-corrected chi connectivity index (χ0v) is 17.4. The summed E-state index contributed by atoms with van der Waals surface area (Å²) in [6.45, 7) is 4.72. The maximum atomic E-state index is 12.5. The number of imidazole rings is 1. The molecule has 2 aromatic rings. The first-order chi connectivity index (χ1) is 13.3. The zero-order chi connectivity index (χ0) is 20.4. The van der Waals surface area contributed by atoms with Gasteiger partial charge in [-0.3, -0.25) is 4.79 Å². The third-order valence-corrected chi connectivity index (χ3v) is 6.24. The lowest BCUT2D eigenvalue weighted by molar-refractivity contribution is 0.0538. The number of methoxy groups -OCH3 is 1. The molecule has 1 amide bonds. The third kappa shape index (κ3) is 4.13. The predicted molar refractivity (Wildman–Crippen MR) is 106 cm³/mol. The number of hydrogen-bond acceptors (Lipinski definition) is 7. The Morgan fingerprint density at radius 3 is 2.79 bits per heavy atom. The minimum Gasteiger partial charge on any atom is -0.477 e. The second kappa shape index (κ2) is 8.46. The summed E-state index contributed by atoms with van der Waals surface area (Å²) in [5.41, 5.74) is 1.22. The summed E-state index contributed by atoms with van der Waals surface area (Å²) < 4.78 is 5.57. The van der Waals surface area contributed by atoms with E-state index in [1.807, 2.05) is 11.8 Å². The van der Waals surface area contributed by atoms with Crippen LogP contribution in [0.4, 0.5) is 5.13 Å². The molecule has 2 aromatic heterocycles. The largest absolute Gasteiger partial charge is 0.477 e. The van der Waals surface area contributed by atoms with E-state index in [0.29, 0.717) is 41.9 Å². The van der Waals surface area contributed by atoms with Crippen LogP contribution in [-0.4, -0.2) is 64.3 Å². The smallest absolute Gasteiger partial charge is 0.347 e. The average molecular weight is 428 g/mol. The van der Waals surface area contributed by atoms with Crippen molar-refractivity contribution in [2.75, 3.05) is 25.1 Å². The highest BCUT2D eigenvalue weighted by Crippen LogP contribution is 2.29. The standard InChI is InChI=1S/C17H22ClN5O4S/c1-4-9-13(18)22-14(20-9)15(24)21-10-5-6-23(7-11(10)27-3)17-19-8(2)12(28-17)16(25)26/h10-11H,4-7H2,1-3H3,(H,20,22)(H,21,24)(H,25,26)/t10-,11+/m1/s1. The number of carbonyl (C=O) groups excluding carboxylic acids is 1. The van der Waals surface area contributed by atoms with Crippen molar-refractivity contribution in [1.29, 1.82) is 0 Å². The molecule has 1 aliphatic heterocycles. The van der Waals surface area contributed by atoms with Crippen molar-refractivity contribution in [3.8, 4) is 0 Å². The van der Waals surface area contributed by atoms with E-state index in [1.54, 1.807) is 14.0 Å². The number of nitrogens with one attached hydrogen (secondary N) is 2. The molecule has 28 heavy (non-hydrogen) atoms. The first-order valence-corrected chi connectivity index (χ1v) is 10.1. The van der Waals surface area contributed by atoms with Gasteiger partial charge in [0.2, 0.25) is 0 Å². The summed E-state index contributed by atoms with van der Waals surface area (Å²) in [4.78, 5) is 37.4. The van der Waals surface area contributed by atoms with Gasteiger partial charge in [-0.1, -0.05) is 29.9 Å². The van der Waals surface area contributed by atoms with Crippen molar-refractivity contribution in [3.63, 3.8) is 0 Å². The van der Waals surface area contributed by atoms with E-state index in [1.165, 1.54) is 0 Å². The van der Waals surface area contributed by atoms with Gasteiger partial charge in [0.25, 0.3) is 5.91 Å². The molecule has 1 fully saturated rings. The Balaban J connectivity index is 1.68. The zero-order valence-electron chi connectivity index (χ0n) is 15.8. The van der Waals surface area contributed by atoms with E-state index in [2.05, 4.69) is 20.3 Å². The number of carboxylic acid groups (broad SMARTS) is 1. The number of carboxylic acids is 1. The molecule has 0 aromatic carbocycles. The van der Waals surface area contributed by atoms with Gasteiger partial charge in [0.1, 0.15) is 4.88 Å². The van der Waals surface area contributed by atoms with E-state index in [-0.39, 0.29) is 28.8 Å². The monoisotopic (exact) mass is 427 g/mol. The fourth-order valence-electron chi connectivity index (χ4n) is 3.18. The summed E-state index contributed by atoms with van der Waals surface area (Å²) >= 11 is 7.16. The molecular formula is C17H22ClN5O4S. The molecule has 0 aliphatic carbocycles. The number of rotatable bonds is 6. The number of aryl methyl sites for hydroxylation is 2. The Hall–Kier alpha value is -2.17. The van der Waals surface area contributed by atoms with Crippen LogP contribution in [0.25, 0.3) is 0 Å². The maximum Gasteiger partial charge on any atom is 0.347 e. The van der Waals surface area contributed by atoms with Crippen LogP contribution in [-0.2, 0) is 11.2 Å². The van der Waals surface area contributed by atoms with E-state index in [9.17, 15) is 14.7 Å². The van der Waals surface area contributed by atoms with Gasteiger partial charge < -0.3 is 25.0 Å². The molecule has 3 heterocycles. The normalized spacial score (nSPS) is 19.6. The molecule has 3 rings (SSSR count). The second-order valence-electron chi connectivity index (χ2n) is 6.51. The topological polar surface area (TPSA) is 120 Å². The number of H-pyrrole nitrogens is 1. The fourth-order valence-corrected chi connectivity index (χ4v) is 4.38. The number of aromatic nitrogens is 3. The quantitative estimate of drug-likeness (QED) is 0.645. The van der Waals surface area contributed by atoms with Crippen LogP contribution in [0, 0.1) is 6.92 Å². The average Bonchev–Trinajstić information content (AvgIpc) is 3.24. The lowest BCUT2D eigenvalue weighted by Crippen LogP contribution is -2.55. The van der Waals surface area contributed by atoms with Crippen LogP contribution in [0.15, 0.2) is 0 Å². The summed E-state index contributed by atoms with van der Waals surface area (Å²) in [6, 6.07) is -0.206. The Morgan fingerprint density at radius 1 is 1.46 bits per heavy atom. The molecule has 0 unspecified atom stereocenters. The summed E-state index contributed by atoms with van der Waals surface area (Å²) in [7, 11) is 1.59. The van der Waals surface area contributed by atoms with Crippen LogP contribution >= 0.6 is 22.9 Å². The van der Waals surface area contributed by atoms with Crippen molar-refractivity contribution in [1.82, 2.24) is 20.3 Å². The van der Waals surface area contributed by atoms with Crippen LogP contribution in [0.3, 0.4) is 0 Å². The number of nitrogens with zero attached hydrogens (tertiary/aromatic N) is 3.